The summed E-state index contributed by atoms with van der Waals surface area (Å²) in [6.07, 6.45) is 3.63. The molecule has 0 saturated heterocycles. The summed E-state index contributed by atoms with van der Waals surface area (Å²) < 4.78 is 1.96. The van der Waals surface area contributed by atoms with Crippen LogP contribution in [0.1, 0.15) is 31.8 Å². The maximum atomic E-state index is 11.5. The third-order valence-electron chi connectivity index (χ3n) is 3.84. The summed E-state index contributed by atoms with van der Waals surface area (Å²) in [5, 5.41) is 10.5. The van der Waals surface area contributed by atoms with Gasteiger partial charge < -0.3 is 5.32 Å². The number of amides is 1. The monoisotopic (exact) mass is 320 g/mol. The number of carbonyl (C=O) groups excluding carboxylic acids is 1. The lowest BCUT2D eigenvalue weighted by Gasteiger charge is -2.23. The van der Waals surface area contributed by atoms with E-state index in [0.29, 0.717) is 19.1 Å². The minimum Gasteiger partial charge on any atom is -0.306 e. The number of fused-ring (bicyclic) bond motifs is 1. The van der Waals surface area contributed by atoms with Crippen LogP contribution in [0.15, 0.2) is 11.7 Å². The zero-order valence-corrected chi connectivity index (χ0v) is 13.6. The standard InChI is InChI=1S/C14H20N6OS/c1-3-19(10(2)21)14-18-12(8-22-14)6-15-11-4-5-13-16-9-17-20(13)7-11/h8-9,11,15H,3-7H2,1-2H3/t11-/m0/s1. The van der Waals surface area contributed by atoms with Crippen LogP contribution >= 0.6 is 11.3 Å². The van der Waals surface area contributed by atoms with E-state index in [1.807, 2.05) is 17.0 Å². The van der Waals surface area contributed by atoms with Gasteiger partial charge in [0.25, 0.3) is 0 Å². The van der Waals surface area contributed by atoms with Crippen molar-refractivity contribution < 1.29 is 4.79 Å². The van der Waals surface area contributed by atoms with Gasteiger partial charge >= 0.3 is 0 Å². The first-order valence-electron chi connectivity index (χ1n) is 7.50. The molecule has 0 radical (unpaired) electrons. The van der Waals surface area contributed by atoms with Gasteiger partial charge in [0.1, 0.15) is 12.2 Å². The van der Waals surface area contributed by atoms with Gasteiger partial charge in [-0.15, -0.1) is 11.3 Å². The molecule has 1 N–H and O–H groups in total. The van der Waals surface area contributed by atoms with E-state index in [0.717, 1.165) is 36.0 Å². The number of nitrogens with one attached hydrogen (secondary N) is 1. The fraction of sp³-hybridized carbons (Fsp3) is 0.571. The van der Waals surface area contributed by atoms with Crippen molar-refractivity contribution in [3.63, 3.8) is 0 Å². The molecule has 1 aliphatic heterocycles. The number of nitrogens with zero attached hydrogens (tertiary/aromatic N) is 5. The van der Waals surface area contributed by atoms with Gasteiger partial charge in [-0.25, -0.2) is 14.6 Å². The summed E-state index contributed by atoms with van der Waals surface area (Å²) in [4.78, 5) is 22.0. The van der Waals surface area contributed by atoms with E-state index in [1.54, 1.807) is 18.2 Å². The molecular weight excluding hydrogens is 300 g/mol. The fourth-order valence-electron chi connectivity index (χ4n) is 2.65. The van der Waals surface area contributed by atoms with Crippen molar-refractivity contribution >= 4 is 22.4 Å². The summed E-state index contributed by atoms with van der Waals surface area (Å²) in [7, 11) is 0. The summed E-state index contributed by atoms with van der Waals surface area (Å²) in [5.74, 6) is 1.09. The van der Waals surface area contributed by atoms with Crippen molar-refractivity contribution in [3.05, 3.63) is 23.2 Å². The Labute approximate surface area is 133 Å². The second-order valence-corrected chi connectivity index (χ2v) is 6.20. The molecule has 0 spiro atoms. The number of carbonyl (C=O) groups is 1. The Hall–Kier alpha value is -1.80. The Morgan fingerprint density at radius 1 is 1.59 bits per heavy atom. The van der Waals surface area contributed by atoms with Crippen LogP contribution in [0.5, 0.6) is 0 Å². The second kappa shape index (κ2) is 6.53. The molecule has 1 atom stereocenters. The van der Waals surface area contributed by atoms with Gasteiger partial charge in [0.05, 0.1) is 12.2 Å². The molecule has 0 aromatic carbocycles. The molecule has 0 saturated carbocycles. The molecular formula is C14H20N6OS. The van der Waals surface area contributed by atoms with Crippen molar-refractivity contribution in [2.75, 3.05) is 11.4 Å². The van der Waals surface area contributed by atoms with Gasteiger partial charge in [-0.3, -0.25) is 9.69 Å². The molecule has 2 aromatic heterocycles. The Balaban J connectivity index is 1.56. The molecule has 22 heavy (non-hydrogen) atoms. The number of hydrogen-bond acceptors (Lipinski definition) is 6. The Morgan fingerprint density at radius 3 is 3.23 bits per heavy atom. The molecule has 0 bridgehead atoms. The molecule has 118 valence electrons. The lowest BCUT2D eigenvalue weighted by atomic mass is 10.1. The first-order chi connectivity index (χ1) is 10.7. The van der Waals surface area contributed by atoms with E-state index >= 15 is 0 Å². The molecule has 0 aliphatic carbocycles. The molecule has 2 aromatic rings. The van der Waals surface area contributed by atoms with E-state index in [4.69, 9.17) is 0 Å². The summed E-state index contributed by atoms with van der Waals surface area (Å²) >= 11 is 1.51. The molecule has 3 heterocycles. The highest BCUT2D eigenvalue weighted by molar-refractivity contribution is 7.14. The van der Waals surface area contributed by atoms with Crippen molar-refractivity contribution in [3.8, 4) is 0 Å². The summed E-state index contributed by atoms with van der Waals surface area (Å²) in [5.41, 5.74) is 0.976. The van der Waals surface area contributed by atoms with Crippen molar-refractivity contribution in [2.45, 2.75) is 45.8 Å². The quantitative estimate of drug-likeness (QED) is 0.896. The van der Waals surface area contributed by atoms with Crippen LogP contribution < -0.4 is 10.2 Å². The van der Waals surface area contributed by atoms with E-state index in [1.165, 1.54) is 11.3 Å². The first-order valence-corrected chi connectivity index (χ1v) is 8.38. The van der Waals surface area contributed by atoms with E-state index in [9.17, 15) is 4.79 Å². The topological polar surface area (TPSA) is 75.9 Å². The van der Waals surface area contributed by atoms with Crippen molar-refractivity contribution in [1.82, 2.24) is 25.1 Å². The number of thiazole rings is 1. The largest absolute Gasteiger partial charge is 0.306 e. The van der Waals surface area contributed by atoms with Crippen molar-refractivity contribution in [1.29, 1.82) is 0 Å². The lowest BCUT2D eigenvalue weighted by Crippen LogP contribution is -2.37. The van der Waals surface area contributed by atoms with Gasteiger partial charge in [-0.2, -0.15) is 5.10 Å². The zero-order chi connectivity index (χ0) is 15.5. The van der Waals surface area contributed by atoms with Gasteiger partial charge in [0.2, 0.25) is 5.91 Å². The Morgan fingerprint density at radius 2 is 2.45 bits per heavy atom. The molecule has 8 heteroatoms. The van der Waals surface area contributed by atoms with E-state index in [2.05, 4.69) is 20.4 Å². The van der Waals surface area contributed by atoms with Gasteiger partial charge in [0, 0.05) is 37.9 Å². The minimum absolute atomic E-state index is 0.0300. The highest BCUT2D eigenvalue weighted by Crippen LogP contribution is 2.21. The van der Waals surface area contributed by atoms with Crippen LogP contribution in [0, 0.1) is 0 Å². The van der Waals surface area contributed by atoms with Gasteiger partial charge in [-0.05, 0) is 13.3 Å². The van der Waals surface area contributed by atoms with Crippen LogP contribution in [0.25, 0.3) is 0 Å². The molecule has 0 unspecified atom stereocenters. The van der Waals surface area contributed by atoms with Gasteiger partial charge in [0.15, 0.2) is 5.13 Å². The number of aryl methyl sites for hydroxylation is 1. The number of rotatable bonds is 5. The van der Waals surface area contributed by atoms with Crippen LogP contribution in [-0.2, 0) is 24.3 Å². The normalized spacial score (nSPS) is 17.3. The molecule has 1 aliphatic rings. The fourth-order valence-corrected chi connectivity index (χ4v) is 3.58. The van der Waals surface area contributed by atoms with Gasteiger partial charge in [-0.1, -0.05) is 0 Å². The zero-order valence-electron chi connectivity index (χ0n) is 12.8. The maximum absolute atomic E-state index is 11.5. The highest BCUT2D eigenvalue weighted by atomic mass is 32.1. The smallest absolute Gasteiger partial charge is 0.225 e. The third-order valence-corrected chi connectivity index (χ3v) is 4.76. The number of aromatic nitrogens is 4. The van der Waals surface area contributed by atoms with Crippen molar-refractivity contribution in [2.24, 2.45) is 0 Å². The summed E-state index contributed by atoms with van der Waals surface area (Å²) in [6.45, 7) is 5.73. The molecule has 1 amide bonds. The third kappa shape index (κ3) is 3.17. The van der Waals surface area contributed by atoms with E-state index in [-0.39, 0.29) is 5.91 Å². The molecule has 7 nitrogen and oxygen atoms in total. The average molecular weight is 320 g/mol. The van der Waals surface area contributed by atoms with Crippen LogP contribution in [-0.4, -0.2) is 38.2 Å². The lowest BCUT2D eigenvalue weighted by molar-refractivity contribution is -0.116. The Kier molecular flexibility index (Phi) is 4.49. The highest BCUT2D eigenvalue weighted by Gasteiger charge is 2.20. The average Bonchev–Trinajstić information content (AvgIpc) is 3.14. The predicted octanol–water partition coefficient (Wildman–Crippen LogP) is 1.21. The summed E-state index contributed by atoms with van der Waals surface area (Å²) in [6, 6.07) is 0.384. The second-order valence-electron chi connectivity index (χ2n) is 5.36. The number of hydrogen-bond donors (Lipinski definition) is 1. The molecule has 3 rings (SSSR count). The van der Waals surface area contributed by atoms with Crippen LogP contribution in [0.3, 0.4) is 0 Å². The minimum atomic E-state index is 0.0300. The maximum Gasteiger partial charge on any atom is 0.225 e. The van der Waals surface area contributed by atoms with Crippen LogP contribution in [0.4, 0.5) is 5.13 Å². The Bertz CT molecular complexity index is 651. The molecule has 0 fully saturated rings. The predicted molar refractivity (Wildman–Crippen MR) is 84.8 cm³/mol. The van der Waals surface area contributed by atoms with E-state index < -0.39 is 0 Å². The number of anilines is 1. The van der Waals surface area contributed by atoms with Crippen LogP contribution in [0.2, 0.25) is 0 Å². The first kappa shape index (κ1) is 15.1. The SMILES string of the molecule is CCN(C(C)=O)c1nc(CN[C@H]2CCc3ncnn3C2)cs1.